The van der Waals surface area contributed by atoms with Gasteiger partial charge in [0, 0.05) is 38.4 Å². The van der Waals surface area contributed by atoms with Crippen LogP contribution in [0, 0.1) is 0 Å². The standard InChI is InChI=1S/C54H36N2/c1-4-16-37(17-5-1)41-32-35-52-48(36-41)46-23-11-14-26-50(46)56(52)49-25-13-10-22-43(49)39-28-30-40(31-29-39)44-33-34-45(38-18-6-2-7-19-38)54-53(44)47-24-12-15-27-51(47)55(54)42-20-8-3-9-21-42/h1-36H. The number of aromatic nitrogens is 2. The van der Waals surface area contributed by atoms with Crippen LogP contribution in [0.5, 0.6) is 0 Å². The van der Waals surface area contributed by atoms with Crippen LogP contribution in [0.25, 0.3) is 99.5 Å². The second-order valence-corrected chi connectivity index (χ2v) is 14.5. The Morgan fingerprint density at radius 3 is 1.50 bits per heavy atom. The summed E-state index contributed by atoms with van der Waals surface area (Å²) in [4.78, 5) is 0. The average molecular weight is 713 g/mol. The molecule has 0 fully saturated rings. The third kappa shape index (κ3) is 5.11. The van der Waals surface area contributed by atoms with Crippen molar-refractivity contribution in [1.29, 1.82) is 0 Å². The van der Waals surface area contributed by atoms with Crippen LogP contribution >= 0.6 is 0 Å². The van der Waals surface area contributed by atoms with Crippen LogP contribution in [-0.2, 0) is 0 Å². The molecule has 2 nitrogen and oxygen atoms in total. The Morgan fingerprint density at radius 1 is 0.268 bits per heavy atom. The molecule has 2 aromatic heterocycles. The van der Waals surface area contributed by atoms with E-state index in [1.54, 1.807) is 0 Å². The van der Waals surface area contributed by atoms with Crippen molar-refractivity contribution in [3.63, 3.8) is 0 Å². The molecule has 2 heteroatoms. The van der Waals surface area contributed by atoms with Crippen molar-refractivity contribution in [2.45, 2.75) is 0 Å². The fraction of sp³-hybridized carbons (Fsp3) is 0. The lowest BCUT2D eigenvalue weighted by atomic mass is 9.93. The highest BCUT2D eigenvalue weighted by molar-refractivity contribution is 6.19. The van der Waals surface area contributed by atoms with Crippen LogP contribution in [0.4, 0.5) is 0 Å². The van der Waals surface area contributed by atoms with Gasteiger partial charge in [-0.3, -0.25) is 0 Å². The van der Waals surface area contributed by atoms with Gasteiger partial charge in [-0.25, -0.2) is 0 Å². The molecule has 0 atom stereocenters. The van der Waals surface area contributed by atoms with Crippen LogP contribution in [0.2, 0.25) is 0 Å². The minimum absolute atomic E-state index is 1.15. The number of hydrogen-bond donors (Lipinski definition) is 0. The monoisotopic (exact) mass is 712 g/mol. The summed E-state index contributed by atoms with van der Waals surface area (Å²) in [5.74, 6) is 0. The van der Waals surface area contributed by atoms with Gasteiger partial charge in [-0.2, -0.15) is 0 Å². The molecule has 0 bridgehead atoms. The zero-order valence-electron chi connectivity index (χ0n) is 30.7. The fourth-order valence-corrected chi connectivity index (χ4v) is 8.82. The van der Waals surface area contributed by atoms with Crippen LogP contribution in [0.1, 0.15) is 0 Å². The highest BCUT2D eigenvalue weighted by atomic mass is 15.0. The Labute approximate surface area is 325 Å². The summed E-state index contributed by atoms with van der Waals surface area (Å²) in [6.45, 7) is 0. The van der Waals surface area contributed by atoms with Gasteiger partial charge >= 0.3 is 0 Å². The number of fused-ring (bicyclic) bond motifs is 6. The molecule has 0 saturated carbocycles. The van der Waals surface area contributed by atoms with Crippen LogP contribution < -0.4 is 0 Å². The summed E-state index contributed by atoms with van der Waals surface area (Å²) in [5.41, 5.74) is 16.8. The van der Waals surface area contributed by atoms with Gasteiger partial charge in [0.15, 0.2) is 0 Å². The molecular formula is C54H36N2. The fourth-order valence-electron chi connectivity index (χ4n) is 8.82. The molecule has 56 heavy (non-hydrogen) atoms. The minimum atomic E-state index is 1.15. The number of benzene rings is 9. The summed E-state index contributed by atoms with van der Waals surface area (Å²) in [5, 5.41) is 5.02. The molecule has 262 valence electrons. The van der Waals surface area contributed by atoms with E-state index >= 15 is 0 Å². The first-order chi connectivity index (χ1) is 27.8. The molecule has 0 spiro atoms. The molecule has 11 rings (SSSR count). The lowest BCUT2D eigenvalue weighted by molar-refractivity contribution is 1.18. The maximum Gasteiger partial charge on any atom is 0.0625 e. The van der Waals surface area contributed by atoms with Crippen molar-refractivity contribution < 1.29 is 0 Å². The first-order valence-corrected chi connectivity index (χ1v) is 19.3. The van der Waals surface area contributed by atoms with E-state index in [0.717, 1.165) is 5.69 Å². The zero-order chi connectivity index (χ0) is 37.0. The molecule has 0 saturated heterocycles. The van der Waals surface area contributed by atoms with Gasteiger partial charge in [-0.15, -0.1) is 0 Å². The number of para-hydroxylation sites is 4. The Morgan fingerprint density at radius 2 is 0.768 bits per heavy atom. The topological polar surface area (TPSA) is 9.86 Å². The average Bonchev–Trinajstić information content (AvgIpc) is 3.80. The first-order valence-electron chi connectivity index (χ1n) is 19.3. The molecule has 0 aliphatic heterocycles. The Hall–Kier alpha value is -7.42. The zero-order valence-corrected chi connectivity index (χ0v) is 30.7. The lowest BCUT2D eigenvalue weighted by Gasteiger charge is -2.15. The predicted octanol–water partition coefficient (Wildman–Crippen LogP) is 14.5. The van der Waals surface area contributed by atoms with E-state index in [1.165, 1.54) is 93.8 Å². The van der Waals surface area contributed by atoms with Gasteiger partial charge in [-0.05, 0) is 75.8 Å². The Balaban J connectivity index is 1.08. The van der Waals surface area contributed by atoms with E-state index in [2.05, 4.69) is 228 Å². The molecule has 0 aliphatic carbocycles. The van der Waals surface area contributed by atoms with Crippen LogP contribution in [0.3, 0.4) is 0 Å². The van der Waals surface area contributed by atoms with Crippen molar-refractivity contribution in [2.75, 3.05) is 0 Å². The van der Waals surface area contributed by atoms with Crippen molar-refractivity contribution in [3.05, 3.63) is 218 Å². The molecule has 9 aromatic carbocycles. The third-order valence-corrected chi connectivity index (χ3v) is 11.3. The molecule has 0 N–H and O–H groups in total. The molecule has 0 unspecified atom stereocenters. The normalized spacial score (nSPS) is 11.6. The first kappa shape index (κ1) is 32.0. The Kier molecular flexibility index (Phi) is 7.53. The molecule has 0 radical (unpaired) electrons. The van der Waals surface area contributed by atoms with Crippen LogP contribution in [-0.4, -0.2) is 9.13 Å². The summed E-state index contributed by atoms with van der Waals surface area (Å²) < 4.78 is 4.88. The third-order valence-electron chi connectivity index (χ3n) is 11.3. The molecule has 2 heterocycles. The molecule has 0 amide bonds. The van der Waals surface area contributed by atoms with Crippen molar-refractivity contribution >= 4 is 43.6 Å². The van der Waals surface area contributed by atoms with Gasteiger partial charge in [0.1, 0.15) is 0 Å². The summed E-state index contributed by atoms with van der Waals surface area (Å²) in [6, 6.07) is 79.3. The Bertz CT molecular complexity index is 3210. The van der Waals surface area contributed by atoms with E-state index in [9.17, 15) is 0 Å². The second-order valence-electron chi connectivity index (χ2n) is 14.5. The van der Waals surface area contributed by atoms with Crippen LogP contribution in [0.15, 0.2) is 218 Å². The maximum absolute atomic E-state index is 2.44. The van der Waals surface area contributed by atoms with Crippen molar-refractivity contribution in [3.8, 4) is 55.9 Å². The van der Waals surface area contributed by atoms with Gasteiger partial charge < -0.3 is 9.13 Å². The van der Waals surface area contributed by atoms with Crippen molar-refractivity contribution in [2.24, 2.45) is 0 Å². The van der Waals surface area contributed by atoms with Crippen molar-refractivity contribution in [1.82, 2.24) is 9.13 Å². The predicted molar refractivity (Wildman–Crippen MR) is 237 cm³/mol. The summed E-state index contributed by atoms with van der Waals surface area (Å²) >= 11 is 0. The smallest absolute Gasteiger partial charge is 0.0625 e. The molecule has 11 aromatic rings. The van der Waals surface area contributed by atoms with Gasteiger partial charge in [0.2, 0.25) is 0 Å². The quantitative estimate of drug-likeness (QED) is 0.162. The van der Waals surface area contributed by atoms with Gasteiger partial charge in [-0.1, -0.05) is 176 Å². The van der Waals surface area contributed by atoms with E-state index in [-0.39, 0.29) is 0 Å². The summed E-state index contributed by atoms with van der Waals surface area (Å²) in [6.07, 6.45) is 0. The molecular weight excluding hydrogens is 677 g/mol. The highest BCUT2D eigenvalue weighted by Crippen LogP contribution is 2.44. The largest absolute Gasteiger partial charge is 0.309 e. The number of rotatable bonds is 6. The maximum atomic E-state index is 2.44. The second kappa shape index (κ2) is 13.2. The lowest BCUT2D eigenvalue weighted by Crippen LogP contribution is -1.97. The van der Waals surface area contributed by atoms with E-state index in [4.69, 9.17) is 0 Å². The summed E-state index contributed by atoms with van der Waals surface area (Å²) in [7, 11) is 0. The number of hydrogen-bond acceptors (Lipinski definition) is 0. The van der Waals surface area contributed by atoms with E-state index < -0.39 is 0 Å². The van der Waals surface area contributed by atoms with E-state index in [1.807, 2.05) is 0 Å². The minimum Gasteiger partial charge on any atom is -0.309 e. The SMILES string of the molecule is c1ccc(-c2ccc3c(c2)c2ccccc2n3-c2ccccc2-c2ccc(-c3ccc(-c4ccccc4)c4c3c3ccccc3n4-c3ccccc3)cc2)cc1. The van der Waals surface area contributed by atoms with Gasteiger partial charge in [0.05, 0.1) is 27.8 Å². The highest BCUT2D eigenvalue weighted by Gasteiger charge is 2.21. The van der Waals surface area contributed by atoms with Gasteiger partial charge in [0.25, 0.3) is 0 Å². The number of nitrogens with zero attached hydrogens (tertiary/aromatic N) is 2. The van der Waals surface area contributed by atoms with E-state index in [0.29, 0.717) is 0 Å². The molecule has 0 aliphatic rings.